The van der Waals surface area contributed by atoms with Gasteiger partial charge in [0.05, 0.1) is 5.56 Å². The van der Waals surface area contributed by atoms with Gasteiger partial charge in [0.2, 0.25) is 5.91 Å². The number of aromatic nitrogens is 1. The summed E-state index contributed by atoms with van der Waals surface area (Å²) in [6, 6.07) is 3.65. The van der Waals surface area contributed by atoms with Crippen LogP contribution in [0.5, 0.6) is 0 Å². The van der Waals surface area contributed by atoms with Crippen LogP contribution >= 0.6 is 0 Å². The highest BCUT2D eigenvalue weighted by Crippen LogP contribution is 2.26. The number of carbonyl (C=O) groups excluding carboxylic acids is 2. The second-order valence-corrected chi connectivity index (χ2v) is 8.64. The Morgan fingerprint density at radius 3 is 2.53 bits per heavy atom. The van der Waals surface area contributed by atoms with Crippen molar-refractivity contribution >= 4 is 11.8 Å². The van der Waals surface area contributed by atoms with E-state index in [2.05, 4.69) is 24.3 Å². The maximum atomic E-state index is 14.1. The van der Waals surface area contributed by atoms with E-state index in [4.69, 9.17) is 4.52 Å². The van der Waals surface area contributed by atoms with Gasteiger partial charge in [-0.05, 0) is 36.8 Å². The quantitative estimate of drug-likeness (QED) is 0.767. The molecule has 1 aromatic carbocycles. The van der Waals surface area contributed by atoms with E-state index in [1.165, 1.54) is 17.0 Å². The van der Waals surface area contributed by atoms with Crippen LogP contribution in [-0.4, -0.2) is 40.5 Å². The average molecular weight is 419 g/mol. The Morgan fingerprint density at radius 1 is 1.20 bits per heavy atom. The van der Waals surface area contributed by atoms with Crippen molar-refractivity contribution in [3.8, 4) is 11.3 Å². The number of nitrogens with zero attached hydrogens (tertiary/aromatic N) is 2. The van der Waals surface area contributed by atoms with Crippen molar-refractivity contribution < 1.29 is 22.9 Å². The number of halogens is 2. The zero-order chi connectivity index (χ0) is 22.0. The van der Waals surface area contributed by atoms with Gasteiger partial charge < -0.3 is 14.7 Å². The molecule has 8 heteroatoms. The van der Waals surface area contributed by atoms with Gasteiger partial charge in [-0.3, -0.25) is 9.59 Å². The van der Waals surface area contributed by atoms with Gasteiger partial charge in [-0.1, -0.05) is 32.9 Å². The fourth-order valence-corrected chi connectivity index (χ4v) is 3.80. The number of carbonyl (C=O) groups is 2. The summed E-state index contributed by atoms with van der Waals surface area (Å²) in [6.45, 7) is 8.45. The number of nitrogens with one attached hydrogen (secondary N) is 1. The lowest BCUT2D eigenvalue weighted by atomic mass is 9.94. The van der Waals surface area contributed by atoms with Gasteiger partial charge in [-0.2, -0.15) is 0 Å². The lowest BCUT2D eigenvalue weighted by molar-refractivity contribution is -0.130. The molecule has 30 heavy (non-hydrogen) atoms. The van der Waals surface area contributed by atoms with Crippen molar-refractivity contribution in [2.75, 3.05) is 6.54 Å². The molecule has 0 unspecified atom stereocenters. The predicted octanol–water partition coefficient (Wildman–Crippen LogP) is 4.02. The molecule has 2 amide bonds. The lowest BCUT2D eigenvalue weighted by Gasteiger charge is -2.40. The number of piperazine rings is 1. The molecule has 6 nitrogen and oxygen atoms in total. The highest BCUT2D eigenvalue weighted by molar-refractivity contribution is 5.97. The molecule has 162 valence electrons. The third-order valence-corrected chi connectivity index (χ3v) is 5.08. The van der Waals surface area contributed by atoms with Crippen LogP contribution in [-0.2, 0) is 4.79 Å². The third kappa shape index (κ3) is 4.86. The van der Waals surface area contributed by atoms with Gasteiger partial charge in [-0.15, -0.1) is 0 Å². The summed E-state index contributed by atoms with van der Waals surface area (Å²) in [7, 11) is 0. The fourth-order valence-electron chi connectivity index (χ4n) is 3.80. The first kappa shape index (κ1) is 21.9. The van der Waals surface area contributed by atoms with Gasteiger partial charge in [0.25, 0.3) is 5.91 Å². The summed E-state index contributed by atoms with van der Waals surface area (Å²) >= 11 is 0. The Labute approximate surface area is 174 Å². The highest BCUT2D eigenvalue weighted by atomic mass is 19.1. The van der Waals surface area contributed by atoms with E-state index >= 15 is 0 Å². The van der Waals surface area contributed by atoms with Gasteiger partial charge in [0.1, 0.15) is 17.7 Å². The largest absolute Gasteiger partial charge is 0.355 e. The second kappa shape index (κ2) is 8.93. The summed E-state index contributed by atoms with van der Waals surface area (Å²) in [6.07, 6.45) is 1.26. The Bertz CT molecular complexity index is 926. The molecule has 0 radical (unpaired) electrons. The molecule has 2 atom stereocenters. The zero-order valence-electron chi connectivity index (χ0n) is 17.6. The molecule has 3 rings (SSSR count). The van der Waals surface area contributed by atoms with E-state index in [0.717, 1.165) is 18.6 Å². The van der Waals surface area contributed by atoms with E-state index in [1.807, 2.05) is 13.8 Å². The summed E-state index contributed by atoms with van der Waals surface area (Å²) in [5.41, 5.74) is -0.00349. The first-order valence-electron chi connectivity index (χ1n) is 10.2. The van der Waals surface area contributed by atoms with E-state index < -0.39 is 23.6 Å². The van der Waals surface area contributed by atoms with Gasteiger partial charge >= 0.3 is 0 Å². The molecule has 1 saturated heterocycles. The Kier molecular flexibility index (Phi) is 6.53. The molecule has 2 aromatic rings. The van der Waals surface area contributed by atoms with Crippen LogP contribution in [0.1, 0.15) is 51.0 Å². The van der Waals surface area contributed by atoms with Crippen molar-refractivity contribution in [2.45, 2.75) is 52.6 Å². The van der Waals surface area contributed by atoms with Gasteiger partial charge in [0, 0.05) is 24.7 Å². The maximum absolute atomic E-state index is 14.1. The molecular formula is C22H27F2N3O3. The topological polar surface area (TPSA) is 75.4 Å². The van der Waals surface area contributed by atoms with Crippen molar-refractivity contribution in [3.05, 3.63) is 41.6 Å². The van der Waals surface area contributed by atoms with Crippen LogP contribution in [0.2, 0.25) is 0 Å². The number of benzene rings is 1. The molecule has 0 saturated carbocycles. The smallest absolute Gasteiger partial charge is 0.276 e. The van der Waals surface area contributed by atoms with Crippen molar-refractivity contribution in [3.63, 3.8) is 0 Å². The second-order valence-electron chi connectivity index (χ2n) is 8.64. The van der Waals surface area contributed by atoms with Crippen molar-refractivity contribution in [1.29, 1.82) is 0 Å². The first-order valence-corrected chi connectivity index (χ1v) is 10.2. The van der Waals surface area contributed by atoms with Crippen LogP contribution in [0.15, 0.2) is 28.8 Å². The molecule has 0 aliphatic carbocycles. The van der Waals surface area contributed by atoms with E-state index in [-0.39, 0.29) is 34.9 Å². The Hall–Kier alpha value is -2.77. The van der Waals surface area contributed by atoms with Gasteiger partial charge in [0.15, 0.2) is 11.5 Å². The SMILES string of the molecule is CC(C)C[C@H]1CN(C(=O)c2cc(-c3ccc(F)cc3F)on2)[C@@H](CC(C)C)C(=O)N1. The van der Waals surface area contributed by atoms with Crippen molar-refractivity contribution in [1.82, 2.24) is 15.4 Å². The molecule has 1 fully saturated rings. The predicted molar refractivity (Wildman–Crippen MR) is 108 cm³/mol. The summed E-state index contributed by atoms with van der Waals surface area (Å²) in [5.74, 6) is -1.55. The van der Waals surface area contributed by atoms with Crippen LogP contribution in [0.3, 0.4) is 0 Å². The minimum absolute atomic E-state index is 0.00996. The van der Waals surface area contributed by atoms with Crippen LogP contribution < -0.4 is 5.32 Å². The number of rotatable bonds is 6. The monoisotopic (exact) mass is 419 g/mol. The minimum Gasteiger partial charge on any atom is -0.355 e. The highest BCUT2D eigenvalue weighted by Gasteiger charge is 2.39. The third-order valence-electron chi connectivity index (χ3n) is 5.08. The van der Waals surface area contributed by atoms with Crippen LogP contribution in [0.4, 0.5) is 8.78 Å². The number of hydrogen-bond donors (Lipinski definition) is 1. The Balaban J connectivity index is 1.88. The first-order chi connectivity index (χ1) is 14.2. The fraction of sp³-hybridized carbons (Fsp3) is 0.500. The Morgan fingerprint density at radius 2 is 1.90 bits per heavy atom. The minimum atomic E-state index is -0.808. The normalized spacial score (nSPS) is 19.5. The molecule has 2 heterocycles. The molecule has 0 bridgehead atoms. The zero-order valence-corrected chi connectivity index (χ0v) is 17.6. The van der Waals surface area contributed by atoms with E-state index in [1.54, 1.807) is 0 Å². The van der Waals surface area contributed by atoms with Crippen LogP contribution in [0, 0.1) is 23.5 Å². The molecule has 0 spiro atoms. The summed E-state index contributed by atoms with van der Waals surface area (Å²) in [5, 5.41) is 6.82. The molecule has 1 aliphatic heterocycles. The molecule has 1 aromatic heterocycles. The standard InChI is InChI=1S/C22H27F2N3O3/c1-12(2)7-15-11-27(19(8-13(3)4)21(28)25-15)22(29)18-10-20(30-26-18)16-6-5-14(23)9-17(16)24/h5-6,9-10,12-13,15,19H,7-8,11H2,1-4H3,(H,25,28)/t15-,19-/m0/s1. The lowest BCUT2D eigenvalue weighted by Crippen LogP contribution is -2.62. The average Bonchev–Trinajstić information content (AvgIpc) is 3.12. The van der Waals surface area contributed by atoms with E-state index in [9.17, 15) is 18.4 Å². The number of amides is 2. The maximum Gasteiger partial charge on any atom is 0.276 e. The summed E-state index contributed by atoms with van der Waals surface area (Å²) < 4.78 is 32.4. The molecular weight excluding hydrogens is 392 g/mol. The van der Waals surface area contributed by atoms with Gasteiger partial charge in [-0.25, -0.2) is 8.78 Å². The molecule has 1 aliphatic rings. The molecule has 1 N–H and O–H groups in total. The summed E-state index contributed by atoms with van der Waals surface area (Å²) in [4.78, 5) is 27.5. The number of hydrogen-bond acceptors (Lipinski definition) is 4. The van der Waals surface area contributed by atoms with Crippen molar-refractivity contribution in [2.24, 2.45) is 11.8 Å². The van der Waals surface area contributed by atoms with E-state index in [0.29, 0.717) is 18.9 Å². The van der Waals surface area contributed by atoms with Crippen LogP contribution in [0.25, 0.3) is 11.3 Å².